The van der Waals surface area contributed by atoms with Crippen LogP contribution in [0.5, 0.6) is 0 Å². The number of Topliss-reactive ketones (excluding diaryl/α,β-unsaturated/α-hetero) is 1. The van der Waals surface area contributed by atoms with Crippen molar-refractivity contribution in [1.82, 2.24) is 14.9 Å². The average molecular weight is 474 g/mol. The summed E-state index contributed by atoms with van der Waals surface area (Å²) < 4.78 is 0. The summed E-state index contributed by atoms with van der Waals surface area (Å²) in [7, 11) is 0. The van der Waals surface area contributed by atoms with Crippen LogP contribution in [0.3, 0.4) is 0 Å². The Kier molecular flexibility index (Phi) is 5.83. The number of carbonyl (C=O) groups excluding carboxylic acids is 2. The van der Waals surface area contributed by atoms with E-state index in [0.29, 0.717) is 26.2 Å². The maximum absolute atomic E-state index is 13.5. The highest BCUT2D eigenvalue weighted by Crippen LogP contribution is 2.43. The van der Waals surface area contributed by atoms with E-state index < -0.39 is 23.5 Å². The Labute approximate surface area is 192 Å². The monoisotopic (exact) mass is 473 g/mol. The Morgan fingerprint density at radius 1 is 1.26 bits per heavy atom. The van der Waals surface area contributed by atoms with E-state index in [9.17, 15) is 14.7 Å². The molecule has 3 aromatic rings. The molecule has 3 heterocycles. The van der Waals surface area contributed by atoms with Gasteiger partial charge in [0.2, 0.25) is 5.78 Å². The number of ketones is 1. The Hall–Kier alpha value is -2.74. The Bertz CT molecular complexity index is 1220. The average Bonchev–Trinajstić information content (AvgIpc) is 3.19. The van der Waals surface area contributed by atoms with Gasteiger partial charge in [-0.25, -0.2) is 4.98 Å². The molecule has 1 unspecified atom stereocenters. The molecule has 0 spiro atoms. The summed E-state index contributed by atoms with van der Waals surface area (Å²) in [4.78, 5) is 36.7. The molecule has 6 nitrogen and oxygen atoms in total. The number of halogens is 2. The molecule has 0 radical (unpaired) electrons. The predicted molar refractivity (Wildman–Crippen MR) is 120 cm³/mol. The third kappa shape index (κ3) is 3.96. The zero-order valence-electron chi connectivity index (χ0n) is 16.6. The normalized spacial score (nSPS) is 16.3. The molecule has 0 saturated carbocycles. The van der Waals surface area contributed by atoms with Crippen LogP contribution in [0.25, 0.3) is 0 Å². The van der Waals surface area contributed by atoms with Gasteiger partial charge in [0.1, 0.15) is 0 Å². The molecule has 4 rings (SSSR count). The van der Waals surface area contributed by atoms with E-state index in [0.717, 1.165) is 10.6 Å². The number of hydrogen-bond acceptors (Lipinski definition) is 6. The van der Waals surface area contributed by atoms with Gasteiger partial charge >= 0.3 is 0 Å². The van der Waals surface area contributed by atoms with Crippen molar-refractivity contribution in [2.45, 2.75) is 26.4 Å². The van der Waals surface area contributed by atoms with Gasteiger partial charge in [-0.05, 0) is 43.2 Å². The first-order chi connectivity index (χ1) is 14.8. The van der Waals surface area contributed by atoms with Crippen molar-refractivity contribution in [3.8, 4) is 0 Å². The molecule has 1 aliphatic heterocycles. The summed E-state index contributed by atoms with van der Waals surface area (Å²) in [5, 5.41) is 12.2. The first-order valence-corrected chi connectivity index (χ1v) is 10.9. The molecule has 0 fully saturated rings. The fourth-order valence-electron chi connectivity index (χ4n) is 3.65. The first kappa shape index (κ1) is 21.5. The summed E-state index contributed by atoms with van der Waals surface area (Å²) in [6, 6.07) is 7.53. The van der Waals surface area contributed by atoms with Crippen LogP contribution in [-0.4, -0.2) is 31.7 Å². The van der Waals surface area contributed by atoms with Crippen LogP contribution in [0.1, 0.15) is 37.5 Å². The van der Waals surface area contributed by atoms with Crippen molar-refractivity contribution in [3.63, 3.8) is 0 Å². The standard InChI is InChI=1S/C22H17Cl2N3O3S/c1-11-21(31-12(2)26-11)19(28)17-18(15-6-5-14(23)8-16(15)24)27(22(30)20(17)29)10-13-4-3-7-25-9-13/h3-9,18,29H,10H2,1-2H3. The van der Waals surface area contributed by atoms with Gasteiger partial charge in [0.25, 0.3) is 5.91 Å². The lowest BCUT2D eigenvalue weighted by Gasteiger charge is -2.27. The maximum Gasteiger partial charge on any atom is 0.290 e. The molecule has 158 valence electrons. The smallest absolute Gasteiger partial charge is 0.290 e. The molecule has 1 N–H and O–H groups in total. The van der Waals surface area contributed by atoms with Crippen molar-refractivity contribution in [3.05, 3.63) is 90.8 Å². The van der Waals surface area contributed by atoms with Crippen LogP contribution in [-0.2, 0) is 11.3 Å². The number of nitrogens with zero attached hydrogens (tertiary/aromatic N) is 3. The Balaban J connectivity index is 1.85. The number of aromatic nitrogens is 2. The summed E-state index contributed by atoms with van der Waals surface area (Å²) in [6.45, 7) is 3.66. The maximum atomic E-state index is 13.5. The fraction of sp³-hybridized carbons (Fsp3) is 0.182. The number of carbonyl (C=O) groups is 2. The van der Waals surface area contributed by atoms with Crippen LogP contribution in [0.15, 0.2) is 54.1 Å². The molecule has 0 aliphatic carbocycles. The van der Waals surface area contributed by atoms with Gasteiger partial charge in [-0.3, -0.25) is 14.6 Å². The number of aryl methyl sites for hydroxylation is 2. The topological polar surface area (TPSA) is 83.4 Å². The number of benzene rings is 1. The van der Waals surface area contributed by atoms with E-state index in [-0.39, 0.29) is 12.1 Å². The molecule has 31 heavy (non-hydrogen) atoms. The lowest BCUT2D eigenvalue weighted by molar-refractivity contribution is -0.130. The number of rotatable bonds is 5. The van der Waals surface area contributed by atoms with Gasteiger partial charge in [-0.15, -0.1) is 11.3 Å². The molecule has 0 bridgehead atoms. The lowest BCUT2D eigenvalue weighted by atomic mass is 9.94. The van der Waals surface area contributed by atoms with Crippen molar-refractivity contribution in [2.75, 3.05) is 0 Å². The van der Waals surface area contributed by atoms with Gasteiger partial charge in [-0.1, -0.05) is 35.3 Å². The van der Waals surface area contributed by atoms with E-state index in [1.54, 1.807) is 50.5 Å². The second-order valence-electron chi connectivity index (χ2n) is 7.10. The SMILES string of the molecule is Cc1nc(C)c(C(=O)C2=C(O)C(=O)N(Cc3cccnc3)C2c2ccc(Cl)cc2Cl)s1. The predicted octanol–water partition coefficient (Wildman–Crippen LogP) is 5.24. The second-order valence-corrected chi connectivity index (χ2v) is 9.15. The van der Waals surface area contributed by atoms with Crippen molar-refractivity contribution in [2.24, 2.45) is 0 Å². The Morgan fingerprint density at radius 3 is 2.65 bits per heavy atom. The van der Waals surface area contributed by atoms with Crippen molar-refractivity contribution >= 4 is 46.2 Å². The molecular formula is C22H17Cl2N3O3S. The lowest BCUT2D eigenvalue weighted by Crippen LogP contribution is -2.31. The Morgan fingerprint density at radius 2 is 2.03 bits per heavy atom. The zero-order valence-corrected chi connectivity index (χ0v) is 18.9. The number of thiazole rings is 1. The van der Waals surface area contributed by atoms with E-state index in [4.69, 9.17) is 23.2 Å². The van der Waals surface area contributed by atoms with Gasteiger partial charge in [0.05, 0.1) is 27.2 Å². The number of aliphatic hydroxyl groups excluding tert-OH is 1. The van der Waals surface area contributed by atoms with Crippen molar-refractivity contribution < 1.29 is 14.7 Å². The minimum absolute atomic E-state index is 0.0233. The molecule has 1 atom stereocenters. The molecule has 9 heteroatoms. The highest BCUT2D eigenvalue weighted by atomic mass is 35.5. The van der Waals surface area contributed by atoms with Crippen LogP contribution < -0.4 is 0 Å². The minimum atomic E-state index is -0.883. The zero-order chi connectivity index (χ0) is 22.3. The first-order valence-electron chi connectivity index (χ1n) is 9.34. The largest absolute Gasteiger partial charge is 0.503 e. The van der Waals surface area contributed by atoms with Gasteiger partial charge < -0.3 is 10.0 Å². The van der Waals surface area contributed by atoms with E-state index in [2.05, 4.69) is 9.97 Å². The van der Waals surface area contributed by atoms with Crippen LogP contribution >= 0.6 is 34.5 Å². The van der Waals surface area contributed by atoms with E-state index >= 15 is 0 Å². The number of amides is 1. The van der Waals surface area contributed by atoms with E-state index in [1.165, 1.54) is 16.2 Å². The summed E-state index contributed by atoms with van der Waals surface area (Å²) in [5.74, 6) is -1.68. The molecule has 1 amide bonds. The highest BCUT2D eigenvalue weighted by molar-refractivity contribution is 7.14. The van der Waals surface area contributed by atoms with Gasteiger partial charge in [0, 0.05) is 29.0 Å². The third-order valence-corrected chi connectivity index (χ3v) is 6.62. The number of pyridine rings is 1. The molecule has 1 aromatic carbocycles. The van der Waals surface area contributed by atoms with Crippen LogP contribution in [0, 0.1) is 13.8 Å². The summed E-state index contributed by atoms with van der Waals surface area (Å²) in [5.41, 5.74) is 1.77. The van der Waals surface area contributed by atoms with Gasteiger partial charge in [-0.2, -0.15) is 0 Å². The molecular weight excluding hydrogens is 457 g/mol. The summed E-state index contributed by atoms with van der Waals surface area (Å²) in [6.07, 6.45) is 3.25. The molecule has 1 aliphatic rings. The summed E-state index contributed by atoms with van der Waals surface area (Å²) >= 11 is 13.7. The van der Waals surface area contributed by atoms with Crippen LogP contribution in [0.2, 0.25) is 10.0 Å². The molecule has 2 aromatic heterocycles. The number of aliphatic hydroxyl groups is 1. The second kappa shape index (κ2) is 8.42. The van der Waals surface area contributed by atoms with Crippen LogP contribution in [0.4, 0.5) is 0 Å². The van der Waals surface area contributed by atoms with Crippen molar-refractivity contribution in [1.29, 1.82) is 0 Å². The third-order valence-electron chi connectivity index (χ3n) is 4.99. The highest BCUT2D eigenvalue weighted by Gasteiger charge is 2.45. The molecule has 0 saturated heterocycles. The minimum Gasteiger partial charge on any atom is -0.503 e. The van der Waals surface area contributed by atoms with E-state index in [1.807, 2.05) is 6.07 Å². The fourth-order valence-corrected chi connectivity index (χ4v) is 5.03. The van der Waals surface area contributed by atoms with Gasteiger partial charge in [0.15, 0.2) is 5.76 Å². The number of hydrogen-bond donors (Lipinski definition) is 1. The quantitative estimate of drug-likeness (QED) is 0.512.